The number of esters is 1. The van der Waals surface area contributed by atoms with Crippen LogP contribution >= 0.6 is 0 Å². The summed E-state index contributed by atoms with van der Waals surface area (Å²) in [6.07, 6.45) is 0.545. The van der Waals surface area contributed by atoms with Crippen LogP contribution in [0.1, 0.15) is 32.6 Å². The molecule has 6 nitrogen and oxygen atoms in total. The average Bonchev–Trinajstić information content (AvgIpc) is 2.22. The van der Waals surface area contributed by atoms with Crippen LogP contribution in [-0.2, 0) is 19.1 Å². The Labute approximate surface area is 94.0 Å². The number of ether oxygens (including phenoxy) is 1. The lowest BCUT2D eigenvalue weighted by atomic mass is 10.2. The third-order valence-corrected chi connectivity index (χ3v) is 1.75. The molecule has 6 heteroatoms. The smallest absolute Gasteiger partial charge is 0.306 e. The lowest BCUT2D eigenvalue weighted by molar-refractivity contribution is -0.144. The molecule has 0 aromatic carbocycles. The van der Waals surface area contributed by atoms with Crippen LogP contribution in [0.4, 0.5) is 0 Å². The van der Waals surface area contributed by atoms with E-state index in [1.54, 1.807) is 6.92 Å². The van der Waals surface area contributed by atoms with Gasteiger partial charge in [-0.05, 0) is 13.3 Å². The van der Waals surface area contributed by atoms with Crippen molar-refractivity contribution in [3.8, 4) is 0 Å². The van der Waals surface area contributed by atoms with Crippen molar-refractivity contribution in [2.24, 2.45) is 0 Å². The number of hydrogen-bond donors (Lipinski definition) is 2. The van der Waals surface area contributed by atoms with Gasteiger partial charge < -0.3 is 15.2 Å². The first kappa shape index (κ1) is 14.4. The van der Waals surface area contributed by atoms with E-state index in [1.807, 2.05) is 0 Å². The van der Waals surface area contributed by atoms with E-state index in [4.69, 9.17) is 5.11 Å². The molecule has 2 N–H and O–H groups in total. The molecule has 0 rings (SSSR count). The summed E-state index contributed by atoms with van der Waals surface area (Å²) in [5.41, 5.74) is 0. The van der Waals surface area contributed by atoms with Crippen LogP contribution in [-0.4, -0.2) is 36.1 Å². The van der Waals surface area contributed by atoms with Gasteiger partial charge in [0.1, 0.15) is 0 Å². The van der Waals surface area contributed by atoms with Crippen LogP contribution in [0.2, 0.25) is 0 Å². The van der Waals surface area contributed by atoms with E-state index < -0.39 is 11.9 Å². The molecule has 0 aliphatic rings. The molecule has 0 aromatic rings. The molecule has 0 saturated heterocycles. The SMILES string of the molecule is CCOC(=O)CCC(=O)NCCCC(=O)O. The second-order valence-corrected chi connectivity index (χ2v) is 3.15. The molecule has 0 unspecified atom stereocenters. The summed E-state index contributed by atoms with van der Waals surface area (Å²) in [6, 6.07) is 0. The fourth-order valence-electron chi connectivity index (χ4n) is 1.00. The van der Waals surface area contributed by atoms with E-state index in [9.17, 15) is 14.4 Å². The summed E-state index contributed by atoms with van der Waals surface area (Å²) in [5.74, 6) is -1.55. The van der Waals surface area contributed by atoms with E-state index in [2.05, 4.69) is 10.1 Å². The van der Waals surface area contributed by atoms with Gasteiger partial charge in [-0.3, -0.25) is 14.4 Å². The molecule has 0 saturated carbocycles. The summed E-state index contributed by atoms with van der Waals surface area (Å²) in [7, 11) is 0. The molecule has 0 atom stereocenters. The Balaban J connectivity index is 3.44. The van der Waals surface area contributed by atoms with Crippen molar-refractivity contribution < 1.29 is 24.2 Å². The normalized spacial score (nSPS) is 9.56. The molecule has 0 aliphatic carbocycles. The molecule has 92 valence electrons. The predicted octanol–water partition coefficient (Wildman–Crippen LogP) is 0.311. The molecule has 0 spiro atoms. The van der Waals surface area contributed by atoms with Gasteiger partial charge in [0.2, 0.25) is 5.91 Å². The number of hydrogen-bond acceptors (Lipinski definition) is 4. The van der Waals surface area contributed by atoms with E-state index in [0.29, 0.717) is 19.6 Å². The van der Waals surface area contributed by atoms with Crippen LogP contribution in [0.25, 0.3) is 0 Å². The molecule has 1 amide bonds. The van der Waals surface area contributed by atoms with Gasteiger partial charge in [0.05, 0.1) is 13.0 Å². The minimum Gasteiger partial charge on any atom is -0.481 e. The van der Waals surface area contributed by atoms with Gasteiger partial charge >= 0.3 is 11.9 Å². The van der Waals surface area contributed by atoms with Crippen molar-refractivity contribution in [2.45, 2.75) is 32.6 Å². The molecular weight excluding hydrogens is 214 g/mol. The van der Waals surface area contributed by atoms with Crippen LogP contribution in [0, 0.1) is 0 Å². The van der Waals surface area contributed by atoms with Gasteiger partial charge in [-0.25, -0.2) is 0 Å². The van der Waals surface area contributed by atoms with Crippen molar-refractivity contribution in [1.29, 1.82) is 0 Å². The summed E-state index contributed by atoms with van der Waals surface area (Å²) in [4.78, 5) is 32.2. The molecule has 16 heavy (non-hydrogen) atoms. The van der Waals surface area contributed by atoms with Crippen molar-refractivity contribution in [3.63, 3.8) is 0 Å². The van der Waals surface area contributed by atoms with Crippen molar-refractivity contribution in [2.75, 3.05) is 13.2 Å². The van der Waals surface area contributed by atoms with Crippen LogP contribution in [0.5, 0.6) is 0 Å². The van der Waals surface area contributed by atoms with Crippen LogP contribution in [0.3, 0.4) is 0 Å². The number of carbonyl (C=O) groups excluding carboxylic acids is 2. The Hall–Kier alpha value is -1.59. The Morgan fingerprint density at radius 1 is 1.19 bits per heavy atom. The number of amides is 1. The van der Waals surface area contributed by atoms with Gasteiger partial charge in [0.25, 0.3) is 0 Å². The zero-order valence-corrected chi connectivity index (χ0v) is 9.32. The Bertz CT molecular complexity index is 252. The quantitative estimate of drug-likeness (QED) is 0.463. The van der Waals surface area contributed by atoms with E-state index in [0.717, 1.165) is 0 Å². The van der Waals surface area contributed by atoms with Gasteiger partial charge in [0.15, 0.2) is 0 Å². The van der Waals surface area contributed by atoms with Crippen LogP contribution in [0.15, 0.2) is 0 Å². The summed E-state index contributed by atoms with van der Waals surface area (Å²) in [5, 5.41) is 10.9. The lowest BCUT2D eigenvalue weighted by Gasteiger charge is -2.04. The zero-order valence-electron chi connectivity index (χ0n) is 9.32. The van der Waals surface area contributed by atoms with Crippen molar-refractivity contribution in [3.05, 3.63) is 0 Å². The summed E-state index contributed by atoms with van der Waals surface area (Å²) < 4.78 is 4.65. The number of carbonyl (C=O) groups is 3. The van der Waals surface area contributed by atoms with E-state index >= 15 is 0 Å². The molecule has 0 heterocycles. The third-order valence-electron chi connectivity index (χ3n) is 1.75. The first-order valence-corrected chi connectivity index (χ1v) is 5.20. The Morgan fingerprint density at radius 2 is 1.88 bits per heavy atom. The van der Waals surface area contributed by atoms with Gasteiger partial charge in [-0.15, -0.1) is 0 Å². The zero-order chi connectivity index (χ0) is 12.4. The highest BCUT2D eigenvalue weighted by atomic mass is 16.5. The van der Waals surface area contributed by atoms with Gasteiger partial charge in [-0.1, -0.05) is 0 Å². The highest BCUT2D eigenvalue weighted by Gasteiger charge is 2.06. The molecule has 0 aromatic heterocycles. The fraction of sp³-hybridized carbons (Fsp3) is 0.700. The summed E-state index contributed by atoms with van der Waals surface area (Å²) in [6.45, 7) is 2.32. The molecule has 0 radical (unpaired) electrons. The highest BCUT2D eigenvalue weighted by molar-refractivity contribution is 5.81. The maximum absolute atomic E-state index is 11.1. The molecule has 0 fully saturated rings. The first-order valence-electron chi connectivity index (χ1n) is 5.20. The van der Waals surface area contributed by atoms with E-state index in [1.165, 1.54) is 0 Å². The van der Waals surface area contributed by atoms with Crippen molar-refractivity contribution >= 4 is 17.8 Å². The number of carboxylic acid groups (broad SMARTS) is 1. The molecular formula is C10H17NO5. The number of aliphatic carboxylic acids is 1. The fourth-order valence-corrected chi connectivity index (χ4v) is 1.00. The minimum absolute atomic E-state index is 0.0259. The monoisotopic (exact) mass is 231 g/mol. The van der Waals surface area contributed by atoms with E-state index in [-0.39, 0.29) is 25.2 Å². The number of rotatable bonds is 8. The first-order chi connectivity index (χ1) is 7.56. The van der Waals surface area contributed by atoms with Crippen molar-refractivity contribution in [1.82, 2.24) is 5.32 Å². The third kappa shape index (κ3) is 8.98. The second kappa shape index (κ2) is 8.70. The van der Waals surface area contributed by atoms with Gasteiger partial charge in [-0.2, -0.15) is 0 Å². The van der Waals surface area contributed by atoms with Gasteiger partial charge in [0, 0.05) is 19.4 Å². The largest absolute Gasteiger partial charge is 0.481 e. The maximum Gasteiger partial charge on any atom is 0.306 e. The topological polar surface area (TPSA) is 92.7 Å². The molecule has 0 aliphatic heterocycles. The standard InChI is InChI=1S/C10H17NO5/c1-2-16-10(15)6-5-8(12)11-7-3-4-9(13)14/h2-7H2,1H3,(H,11,12)(H,13,14). The summed E-state index contributed by atoms with van der Waals surface area (Å²) >= 11 is 0. The average molecular weight is 231 g/mol. The lowest BCUT2D eigenvalue weighted by Crippen LogP contribution is -2.25. The van der Waals surface area contributed by atoms with Crippen LogP contribution < -0.4 is 5.32 Å². The Kier molecular flexibility index (Phi) is 7.83. The highest BCUT2D eigenvalue weighted by Crippen LogP contribution is 1.93. The number of carboxylic acids is 1. The maximum atomic E-state index is 11.1. The predicted molar refractivity (Wildman–Crippen MR) is 55.7 cm³/mol. The minimum atomic E-state index is -0.888. The Morgan fingerprint density at radius 3 is 2.44 bits per heavy atom. The molecule has 0 bridgehead atoms. The number of nitrogens with one attached hydrogen (secondary N) is 1. The second-order valence-electron chi connectivity index (χ2n) is 3.15.